The van der Waals surface area contributed by atoms with E-state index >= 15 is 0 Å². The van der Waals surface area contributed by atoms with Crippen LogP contribution < -0.4 is 5.73 Å². The molecule has 0 spiro atoms. The molecule has 0 bridgehead atoms. The van der Waals surface area contributed by atoms with Crippen LogP contribution in [0.15, 0.2) is 48.5 Å². The Morgan fingerprint density at radius 1 is 1.21 bits per heavy atom. The number of carbonyl (C=O) groups excluding carboxylic acids is 1. The standard InChI is InChI=1S/C10H7FN4.C8H8FNO.C4H6N2O.ClH/c1-12-6-9-13-10(15-14-9)7-2-4-8(11)5-3-7;1-11-8(10)6-2-4-7(9)5-3-6;5-2-1-4(7)3-6;/h2-5H,6H2,(H,13,14,15);2-5,10H,1H3;1,3,6H2;1H. The molecular weight excluding hydrogens is 468 g/mol. The van der Waals surface area contributed by atoms with Crippen molar-refractivity contribution in [2.45, 2.75) is 13.0 Å². The number of ether oxygens (including phenoxy) is 1. The number of ketones is 1. The Morgan fingerprint density at radius 2 is 1.76 bits per heavy atom. The van der Waals surface area contributed by atoms with Crippen LogP contribution in [0.3, 0.4) is 0 Å². The summed E-state index contributed by atoms with van der Waals surface area (Å²) in [5.74, 6) is 0.235. The fraction of sp³-hybridized carbons (Fsp3) is 0.182. The molecule has 0 saturated carbocycles. The lowest BCUT2D eigenvalue weighted by Crippen LogP contribution is -2.11. The van der Waals surface area contributed by atoms with Crippen molar-refractivity contribution in [2.75, 3.05) is 13.7 Å². The van der Waals surface area contributed by atoms with E-state index in [2.05, 4.69) is 24.8 Å². The average Bonchev–Trinajstić information content (AvgIpc) is 3.29. The van der Waals surface area contributed by atoms with Gasteiger partial charge in [0.2, 0.25) is 11.7 Å². The Balaban J connectivity index is 0.000000509. The molecule has 0 saturated heterocycles. The van der Waals surface area contributed by atoms with Crippen molar-refractivity contribution in [2.24, 2.45) is 5.73 Å². The number of halogens is 3. The molecule has 34 heavy (non-hydrogen) atoms. The topological polar surface area (TPSA) is 146 Å². The second-order valence-corrected chi connectivity index (χ2v) is 6.05. The predicted octanol–water partition coefficient (Wildman–Crippen LogP) is 3.68. The van der Waals surface area contributed by atoms with Gasteiger partial charge in [0.25, 0.3) is 6.54 Å². The molecule has 1 heterocycles. The number of nitrogens with one attached hydrogen (secondary N) is 2. The fourth-order valence-corrected chi connectivity index (χ4v) is 2.05. The third-order valence-corrected chi connectivity index (χ3v) is 3.68. The number of benzene rings is 2. The Bertz CT molecular complexity index is 1120. The Hall–Kier alpha value is -4.19. The third-order valence-electron chi connectivity index (χ3n) is 3.68. The van der Waals surface area contributed by atoms with E-state index in [9.17, 15) is 13.6 Å². The minimum atomic E-state index is -0.308. The van der Waals surface area contributed by atoms with Gasteiger partial charge in [-0.1, -0.05) is 0 Å². The minimum Gasteiger partial charge on any atom is -0.481 e. The lowest BCUT2D eigenvalue weighted by atomic mass is 10.2. The first-order chi connectivity index (χ1) is 15.8. The molecule has 0 aliphatic heterocycles. The molecule has 178 valence electrons. The van der Waals surface area contributed by atoms with Crippen molar-refractivity contribution in [3.05, 3.63) is 83.0 Å². The van der Waals surface area contributed by atoms with Crippen molar-refractivity contribution in [1.82, 2.24) is 15.2 Å². The van der Waals surface area contributed by atoms with Crippen molar-refractivity contribution in [3.63, 3.8) is 0 Å². The van der Waals surface area contributed by atoms with Crippen LogP contribution in [0.2, 0.25) is 0 Å². The van der Waals surface area contributed by atoms with E-state index < -0.39 is 0 Å². The molecule has 9 nitrogen and oxygen atoms in total. The quantitative estimate of drug-likeness (QED) is 0.283. The molecule has 1 aromatic heterocycles. The van der Waals surface area contributed by atoms with Gasteiger partial charge in [0.05, 0.1) is 26.1 Å². The predicted molar refractivity (Wildman–Crippen MR) is 124 cm³/mol. The number of nitrogens with zero attached hydrogens (tertiary/aromatic N) is 4. The van der Waals surface area contributed by atoms with Gasteiger partial charge in [0.15, 0.2) is 11.6 Å². The number of Topliss-reactive ketones (excluding diaryl/α,β-unsaturated/α-hetero) is 1. The molecule has 3 rings (SSSR count). The van der Waals surface area contributed by atoms with Gasteiger partial charge >= 0.3 is 0 Å². The summed E-state index contributed by atoms with van der Waals surface area (Å²) in [6.45, 7) is 6.82. The number of nitrogens with two attached hydrogens (primary N) is 1. The maximum atomic E-state index is 12.6. The van der Waals surface area contributed by atoms with Crippen LogP contribution in [-0.4, -0.2) is 40.5 Å². The van der Waals surface area contributed by atoms with Gasteiger partial charge in [-0.2, -0.15) is 10.4 Å². The van der Waals surface area contributed by atoms with E-state index in [1.807, 2.05) is 0 Å². The van der Waals surface area contributed by atoms with Gasteiger partial charge in [-0.05, 0) is 48.5 Å². The van der Waals surface area contributed by atoms with E-state index in [4.69, 9.17) is 23.0 Å². The number of carbonyl (C=O) groups is 1. The highest BCUT2D eigenvalue weighted by Crippen LogP contribution is 2.14. The van der Waals surface area contributed by atoms with E-state index in [-0.39, 0.29) is 55.2 Å². The highest BCUT2D eigenvalue weighted by Gasteiger charge is 2.06. The summed E-state index contributed by atoms with van der Waals surface area (Å²) in [7, 11) is 1.41. The zero-order chi connectivity index (χ0) is 24.6. The number of H-pyrrole nitrogens is 1. The van der Waals surface area contributed by atoms with Crippen LogP contribution in [0, 0.1) is 34.9 Å². The third kappa shape index (κ3) is 10.9. The lowest BCUT2D eigenvalue weighted by molar-refractivity contribution is -0.116. The number of hydrogen-bond donors (Lipinski definition) is 3. The summed E-state index contributed by atoms with van der Waals surface area (Å²) in [6, 6.07) is 13.2. The van der Waals surface area contributed by atoms with Crippen LogP contribution in [0.1, 0.15) is 17.8 Å². The molecule has 0 amide bonds. The largest absolute Gasteiger partial charge is 0.481 e. The molecule has 0 fully saturated rings. The van der Waals surface area contributed by atoms with Gasteiger partial charge in [0, 0.05) is 11.1 Å². The zero-order valence-electron chi connectivity index (χ0n) is 18.1. The number of nitriles is 1. The highest BCUT2D eigenvalue weighted by molar-refractivity contribution is 5.91. The van der Waals surface area contributed by atoms with Gasteiger partial charge < -0.3 is 15.3 Å². The van der Waals surface area contributed by atoms with Crippen molar-refractivity contribution < 1.29 is 18.3 Å². The molecule has 0 aliphatic carbocycles. The SMILES string of the molecule is COC(=N)c1ccc(F)cc1.Cl.N#CCC(=O)CN.[C-]#[N+]Cc1nc(-c2ccc(F)cc2)n[nH]1. The van der Waals surface area contributed by atoms with Crippen molar-refractivity contribution >= 4 is 24.1 Å². The summed E-state index contributed by atoms with van der Waals surface area (Å²) < 4.78 is 29.6. The van der Waals surface area contributed by atoms with Crippen LogP contribution >= 0.6 is 12.4 Å². The molecule has 2 aromatic carbocycles. The average molecular weight is 490 g/mol. The first kappa shape index (κ1) is 29.8. The number of methoxy groups -OCH3 is 1. The van der Waals surface area contributed by atoms with Crippen molar-refractivity contribution in [3.8, 4) is 17.5 Å². The summed E-state index contributed by atoms with van der Waals surface area (Å²) in [6.07, 6.45) is -0.0590. The van der Waals surface area contributed by atoms with Gasteiger partial charge in [-0.25, -0.2) is 20.3 Å². The van der Waals surface area contributed by atoms with Crippen LogP contribution in [0.4, 0.5) is 8.78 Å². The number of aromatic nitrogens is 3. The second kappa shape index (κ2) is 16.4. The molecule has 0 aliphatic rings. The first-order valence-corrected chi connectivity index (χ1v) is 9.32. The Kier molecular flexibility index (Phi) is 14.4. The maximum Gasteiger partial charge on any atom is 0.272 e. The van der Waals surface area contributed by atoms with Crippen LogP contribution in [0.25, 0.3) is 16.2 Å². The monoisotopic (exact) mass is 489 g/mol. The molecule has 0 unspecified atom stereocenters. The number of rotatable bonds is 5. The Morgan fingerprint density at radius 3 is 2.21 bits per heavy atom. The highest BCUT2D eigenvalue weighted by atomic mass is 35.5. The summed E-state index contributed by atoms with van der Waals surface area (Å²) in [5, 5.41) is 21.6. The molecule has 0 atom stereocenters. The molecular formula is C22H22ClF2N7O2. The molecule has 4 N–H and O–H groups in total. The normalized spacial score (nSPS) is 8.88. The summed E-state index contributed by atoms with van der Waals surface area (Å²) in [5.41, 5.74) is 6.16. The van der Waals surface area contributed by atoms with Gasteiger partial charge in [-0.3, -0.25) is 15.3 Å². The van der Waals surface area contributed by atoms with Crippen LogP contribution in [0.5, 0.6) is 0 Å². The number of hydrogen-bond acceptors (Lipinski definition) is 7. The molecule has 3 aromatic rings. The van der Waals surface area contributed by atoms with Crippen LogP contribution in [-0.2, 0) is 16.1 Å². The zero-order valence-corrected chi connectivity index (χ0v) is 18.9. The summed E-state index contributed by atoms with van der Waals surface area (Å²) >= 11 is 0. The van der Waals surface area contributed by atoms with Gasteiger partial charge in [-0.15, -0.1) is 12.4 Å². The van der Waals surface area contributed by atoms with E-state index in [0.717, 1.165) is 5.56 Å². The summed E-state index contributed by atoms with van der Waals surface area (Å²) in [4.78, 5) is 17.3. The molecule has 0 radical (unpaired) electrons. The lowest BCUT2D eigenvalue weighted by Gasteiger charge is -2.00. The number of aromatic amines is 1. The van der Waals surface area contributed by atoms with E-state index in [1.165, 1.54) is 43.5 Å². The van der Waals surface area contributed by atoms with Crippen molar-refractivity contribution in [1.29, 1.82) is 10.7 Å². The first-order valence-electron chi connectivity index (χ1n) is 9.32. The fourth-order valence-electron chi connectivity index (χ4n) is 2.05. The molecule has 12 heteroatoms. The Labute approximate surface area is 201 Å². The maximum absolute atomic E-state index is 12.6. The second-order valence-electron chi connectivity index (χ2n) is 6.05. The minimum absolute atomic E-state index is 0. The van der Waals surface area contributed by atoms with E-state index in [1.54, 1.807) is 18.2 Å². The smallest absolute Gasteiger partial charge is 0.272 e. The van der Waals surface area contributed by atoms with E-state index in [0.29, 0.717) is 17.2 Å². The van der Waals surface area contributed by atoms with Gasteiger partial charge in [0.1, 0.15) is 11.6 Å².